The Morgan fingerprint density at radius 3 is 2.80 bits per heavy atom. The highest BCUT2D eigenvalue weighted by atomic mass is 15.1. The number of anilines is 1. The Morgan fingerprint density at radius 1 is 1.16 bits per heavy atom. The van der Waals surface area contributed by atoms with Crippen molar-refractivity contribution < 1.29 is 0 Å². The van der Waals surface area contributed by atoms with Gasteiger partial charge in [0.15, 0.2) is 0 Å². The van der Waals surface area contributed by atoms with Crippen molar-refractivity contribution in [2.24, 2.45) is 0 Å². The number of aryl methyl sites for hydroxylation is 1. The van der Waals surface area contributed by atoms with E-state index in [-0.39, 0.29) is 0 Å². The van der Waals surface area contributed by atoms with Crippen LogP contribution in [0.25, 0.3) is 16.9 Å². The number of imidazole rings is 1. The van der Waals surface area contributed by atoms with Gasteiger partial charge in [0.25, 0.3) is 0 Å². The number of aromatic nitrogens is 2. The Hall–Kier alpha value is -2.33. The van der Waals surface area contributed by atoms with Crippen molar-refractivity contribution in [1.29, 1.82) is 0 Å². The van der Waals surface area contributed by atoms with Gasteiger partial charge in [0.1, 0.15) is 5.65 Å². The maximum atomic E-state index is 4.99. The Bertz CT molecular complexity index is 906. The number of nitrogens with one attached hydrogen (secondary N) is 1. The van der Waals surface area contributed by atoms with Gasteiger partial charge in [0.05, 0.1) is 11.4 Å². The second-order valence-corrected chi connectivity index (χ2v) is 6.85. The van der Waals surface area contributed by atoms with Crippen molar-refractivity contribution in [2.45, 2.75) is 33.7 Å². The number of hydrogen-bond donors (Lipinski definition) is 1. The second kappa shape index (κ2) is 6.52. The SMILES string of the molecule is CCN(CC)Cc1c(-c2ccc3c(c2)CCN3)nc2ccc(C)cn12. The van der Waals surface area contributed by atoms with Gasteiger partial charge in [-0.15, -0.1) is 0 Å². The summed E-state index contributed by atoms with van der Waals surface area (Å²) in [5, 5.41) is 3.44. The van der Waals surface area contributed by atoms with Crippen molar-refractivity contribution in [3.05, 3.63) is 53.3 Å². The zero-order chi connectivity index (χ0) is 17.4. The minimum Gasteiger partial charge on any atom is -0.384 e. The molecule has 0 fully saturated rings. The zero-order valence-corrected chi connectivity index (χ0v) is 15.3. The Balaban J connectivity index is 1.87. The fraction of sp³-hybridized carbons (Fsp3) is 0.381. The molecule has 4 rings (SSSR count). The van der Waals surface area contributed by atoms with Crippen molar-refractivity contribution in [1.82, 2.24) is 14.3 Å². The maximum Gasteiger partial charge on any atom is 0.137 e. The molecule has 1 aromatic carbocycles. The van der Waals surface area contributed by atoms with Gasteiger partial charge in [-0.25, -0.2) is 4.98 Å². The van der Waals surface area contributed by atoms with Crippen LogP contribution >= 0.6 is 0 Å². The molecule has 4 heteroatoms. The summed E-state index contributed by atoms with van der Waals surface area (Å²) in [6.45, 7) is 10.6. The standard InChI is InChI=1S/C21H26N4/c1-4-24(5-2)14-19-21(23-20-9-6-15(3)13-25(19)20)17-7-8-18-16(12-17)10-11-22-18/h6-9,12-13,22H,4-5,10-11,14H2,1-3H3. The third-order valence-electron chi connectivity index (χ3n) is 5.22. The van der Waals surface area contributed by atoms with Gasteiger partial charge < -0.3 is 9.72 Å². The van der Waals surface area contributed by atoms with Gasteiger partial charge in [-0.1, -0.05) is 26.0 Å². The summed E-state index contributed by atoms with van der Waals surface area (Å²) in [4.78, 5) is 7.44. The first-order chi connectivity index (χ1) is 12.2. The molecule has 4 nitrogen and oxygen atoms in total. The van der Waals surface area contributed by atoms with Crippen LogP contribution in [0.3, 0.4) is 0 Å². The summed E-state index contributed by atoms with van der Waals surface area (Å²) < 4.78 is 2.27. The first-order valence-corrected chi connectivity index (χ1v) is 9.26. The smallest absolute Gasteiger partial charge is 0.137 e. The van der Waals surface area contributed by atoms with Gasteiger partial charge in [0, 0.05) is 30.5 Å². The minimum absolute atomic E-state index is 0.919. The summed E-state index contributed by atoms with van der Waals surface area (Å²) in [6.07, 6.45) is 3.31. The highest BCUT2D eigenvalue weighted by Crippen LogP contribution is 2.31. The predicted octanol–water partition coefficient (Wildman–Crippen LogP) is 4.12. The Labute approximate surface area is 149 Å². The van der Waals surface area contributed by atoms with E-state index in [9.17, 15) is 0 Å². The lowest BCUT2D eigenvalue weighted by Gasteiger charge is -2.19. The van der Waals surface area contributed by atoms with Gasteiger partial charge >= 0.3 is 0 Å². The lowest BCUT2D eigenvalue weighted by Crippen LogP contribution is -2.23. The van der Waals surface area contributed by atoms with E-state index in [1.54, 1.807) is 0 Å². The molecular weight excluding hydrogens is 308 g/mol. The van der Waals surface area contributed by atoms with Crippen LogP contribution in [0.4, 0.5) is 5.69 Å². The molecule has 0 spiro atoms. The number of hydrogen-bond acceptors (Lipinski definition) is 3. The van der Waals surface area contributed by atoms with E-state index in [0.717, 1.165) is 43.9 Å². The third-order valence-corrected chi connectivity index (χ3v) is 5.22. The molecule has 130 valence electrons. The molecule has 0 saturated heterocycles. The highest BCUT2D eigenvalue weighted by Gasteiger charge is 2.18. The second-order valence-electron chi connectivity index (χ2n) is 6.85. The van der Waals surface area contributed by atoms with Crippen LogP contribution in [0.2, 0.25) is 0 Å². The molecule has 1 aliphatic heterocycles. The molecule has 0 saturated carbocycles. The van der Waals surface area contributed by atoms with Crippen LogP contribution in [0.15, 0.2) is 36.5 Å². The van der Waals surface area contributed by atoms with Crippen molar-refractivity contribution in [2.75, 3.05) is 25.0 Å². The van der Waals surface area contributed by atoms with Gasteiger partial charge in [-0.05, 0) is 55.8 Å². The quantitative estimate of drug-likeness (QED) is 0.762. The molecule has 2 aromatic heterocycles. The third kappa shape index (κ3) is 2.91. The summed E-state index contributed by atoms with van der Waals surface area (Å²) in [7, 11) is 0. The summed E-state index contributed by atoms with van der Waals surface area (Å²) in [5.74, 6) is 0. The van der Waals surface area contributed by atoms with Crippen LogP contribution in [0, 0.1) is 6.92 Å². The van der Waals surface area contributed by atoms with E-state index in [1.165, 1.54) is 28.1 Å². The molecule has 0 atom stereocenters. The molecule has 0 radical (unpaired) electrons. The molecule has 0 aliphatic carbocycles. The molecule has 1 aliphatic rings. The van der Waals surface area contributed by atoms with Gasteiger partial charge in [0.2, 0.25) is 0 Å². The van der Waals surface area contributed by atoms with Crippen LogP contribution in [-0.4, -0.2) is 33.9 Å². The van der Waals surface area contributed by atoms with Crippen LogP contribution < -0.4 is 5.32 Å². The normalized spacial score (nSPS) is 13.4. The lowest BCUT2D eigenvalue weighted by molar-refractivity contribution is 0.292. The number of benzene rings is 1. The van der Waals surface area contributed by atoms with Crippen molar-refractivity contribution in [3.63, 3.8) is 0 Å². The predicted molar refractivity (Wildman–Crippen MR) is 104 cm³/mol. The Morgan fingerprint density at radius 2 is 2.00 bits per heavy atom. The fourth-order valence-electron chi connectivity index (χ4n) is 3.69. The first-order valence-electron chi connectivity index (χ1n) is 9.26. The fourth-order valence-corrected chi connectivity index (χ4v) is 3.69. The van der Waals surface area contributed by atoms with Crippen molar-refractivity contribution >= 4 is 11.3 Å². The number of pyridine rings is 1. The zero-order valence-electron chi connectivity index (χ0n) is 15.3. The van der Waals surface area contributed by atoms with Crippen LogP contribution in [0.5, 0.6) is 0 Å². The van der Waals surface area contributed by atoms with Gasteiger partial charge in [-0.2, -0.15) is 0 Å². The van der Waals surface area contributed by atoms with E-state index >= 15 is 0 Å². The largest absolute Gasteiger partial charge is 0.384 e. The maximum absolute atomic E-state index is 4.99. The van der Waals surface area contributed by atoms with Gasteiger partial charge in [-0.3, -0.25) is 4.90 Å². The van der Waals surface area contributed by atoms with Crippen molar-refractivity contribution in [3.8, 4) is 11.3 Å². The molecule has 25 heavy (non-hydrogen) atoms. The molecule has 0 amide bonds. The van der Waals surface area contributed by atoms with E-state index in [2.05, 4.69) is 71.9 Å². The molecule has 1 N–H and O–H groups in total. The average molecular weight is 334 g/mol. The minimum atomic E-state index is 0.919. The number of fused-ring (bicyclic) bond motifs is 2. The molecule has 0 unspecified atom stereocenters. The lowest BCUT2D eigenvalue weighted by atomic mass is 10.0. The monoisotopic (exact) mass is 334 g/mol. The molecule has 0 bridgehead atoms. The number of nitrogens with zero attached hydrogens (tertiary/aromatic N) is 3. The van der Waals surface area contributed by atoms with E-state index in [4.69, 9.17) is 4.98 Å². The average Bonchev–Trinajstić information content (AvgIpc) is 3.23. The molecule has 3 aromatic rings. The summed E-state index contributed by atoms with van der Waals surface area (Å²) >= 11 is 0. The van der Waals surface area contributed by atoms with E-state index in [0.29, 0.717) is 0 Å². The summed E-state index contributed by atoms with van der Waals surface area (Å²) in [6, 6.07) is 11.0. The summed E-state index contributed by atoms with van der Waals surface area (Å²) in [5.41, 5.74) is 8.59. The van der Waals surface area contributed by atoms with E-state index < -0.39 is 0 Å². The number of rotatable bonds is 5. The van der Waals surface area contributed by atoms with Crippen LogP contribution in [-0.2, 0) is 13.0 Å². The topological polar surface area (TPSA) is 32.6 Å². The highest BCUT2D eigenvalue weighted by molar-refractivity contribution is 5.71. The Kier molecular flexibility index (Phi) is 4.22. The first kappa shape index (κ1) is 16.2. The van der Waals surface area contributed by atoms with Crippen LogP contribution in [0.1, 0.15) is 30.7 Å². The van der Waals surface area contributed by atoms with E-state index in [1.807, 2.05) is 0 Å². The molecular formula is C21H26N4. The molecule has 3 heterocycles.